The summed E-state index contributed by atoms with van der Waals surface area (Å²) in [5.74, 6) is 1.28. The predicted molar refractivity (Wildman–Crippen MR) is 61.9 cm³/mol. The van der Waals surface area contributed by atoms with E-state index in [1.807, 2.05) is 0 Å². The molecule has 0 atom stereocenters. The van der Waals surface area contributed by atoms with E-state index < -0.39 is 0 Å². The average molecular weight is 184 g/mol. The summed E-state index contributed by atoms with van der Waals surface area (Å²) < 4.78 is 0. The van der Waals surface area contributed by atoms with Crippen LogP contribution in [0.5, 0.6) is 0 Å². The quantitative estimate of drug-likeness (QED) is 0.583. The Morgan fingerprint density at radius 2 is 1.00 bits per heavy atom. The second-order valence-electron chi connectivity index (χ2n) is 3.81. The highest BCUT2D eigenvalue weighted by atomic mass is 14.1. The first-order valence-electron chi connectivity index (χ1n) is 5.30. The monoisotopic (exact) mass is 184 g/mol. The van der Waals surface area contributed by atoms with Crippen LogP contribution in [0.1, 0.15) is 12.8 Å². The summed E-state index contributed by atoms with van der Waals surface area (Å²) in [7, 11) is 0. The van der Waals surface area contributed by atoms with Gasteiger partial charge in [0.2, 0.25) is 0 Å². The van der Waals surface area contributed by atoms with Gasteiger partial charge in [0.05, 0.1) is 0 Å². The molecule has 0 aromatic carbocycles. The fourth-order valence-electron chi connectivity index (χ4n) is 1.78. The van der Waals surface area contributed by atoms with Crippen molar-refractivity contribution in [2.75, 3.05) is 0 Å². The van der Waals surface area contributed by atoms with Gasteiger partial charge < -0.3 is 0 Å². The van der Waals surface area contributed by atoms with Crippen molar-refractivity contribution in [2.45, 2.75) is 12.8 Å². The Morgan fingerprint density at radius 1 is 0.643 bits per heavy atom. The van der Waals surface area contributed by atoms with Crippen LogP contribution in [-0.4, -0.2) is 0 Å². The molecule has 2 rings (SSSR count). The minimum absolute atomic E-state index is 0.640. The number of hydrogen-bond acceptors (Lipinski definition) is 0. The van der Waals surface area contributed by atoms with Crippen molar-refractivity contribution >= 4 is 0 Å². The molecule has 0 N–H and O–H groups in total. The van der Waals surface area contributed by atoms with Crippen LogP contribution in [0.4, 0.5) is 0 Å². The highest BCUT2D eigenvalue weighted by molar-refractivity contribution is 5.20. The lowest BCUT2D eigenvalue weighted by molar-refractivity contribution is 0.813. The van der Waals surface area contributed by atoms with Crippen molar-refractivity contribution in [3.05, 3.63) is 60.8 Å². The van der Waals surface area contributed by atoms with Crippen molar-refractivity contribution in [3.8, 4) is 0 Å². The molecule has 0 spiro atoms. The molecule has 0 aliphatic heterocycles. The van der Waals surface area contributed by atoms with Gasteiger partial charge in [0.15, 0.2) is 0 Å². The van der Waals surface area contributed by atoms with Gasteiger partial charge in [0.1, 0.15) is 0 Å². The Hall–Kier alpha value is -1.30. The molecule has 0 bridgehead atoms. The highest BCUT2D eigenvalue weighted by Gasteiger charge is 2.01. The van der Waals surface area contributed by atoms with E-state index in [0.29, 0.717) is 11.8 Å². The van der Waals surface area contributed by atoms with Gasteiger partial charge in [-0.25, -0.2) is 0 Å². The van der Waals surface area contributed by atoms with E-state index in [1.54, 1.807) is 0 Å². The summed E-state index contributed by atoms with van der Waals surface area (Å²) in [4.78, 5) is 0. The summed E-state index contributed by atoms with van der Waals surface area (Å²) in [5, 5.41) is 0. The normalized spacial score (nSPS) is 20.9. The molecule has 0 nitrogen and oxygen atoms in total. The van der Waals surface area contributed by atoms with E-state index in [9.17, 15) is 0 Å². The second-order valence-corrected chi connectivity index (χ2v) is 3.81. The SMILES string of the molecule is C1=CC(CC=CCC2C=CC=C2)C=C1. The van der Waals surface area contributed by atoms with E-state index >= 15 is 0 Å². The van der Waals surface area contributed by atoms with E-state index in [2.05, 4.69) is 60.8 Å². The smallest absolute Gasteiger partial charge is 0.00127 e. The van der Waals surface area contributed by atoms with Crippen LogP contribution in [0.2, 0.25) is 0 Å². The van der Waals surface area contributed by atoms with Gasteiger partial charge in [-0.2, -0.15) is 0 Å². The largest absolute Gasteiger partial charge is 0.0876 e. The van der Waals surface area contributed by atoms with Crippen molar-refractivity contribution in [1.29, 1.82) is 0 Å². The van der Waals surface area contributed by atoms with Crippen molar-refractivity contribution in [3.63, 3.8) is 0 Å². The zero-order valence-electron chi connectivity index (χ0n) is 8.34. The molecule has 0 heteroatoms. The number of hydrogen-bond donors (Lipinski definition) is 0. The fourth-order valence-corrected chi connectivity index (χ4v) is 1.78. The van der Waals surface area contributed by atoms with Crippen LogP contribution in [0, 0.1) is 11.8 Å². The van der Waals surface area contributed by atoms with Crippen LogP contribution in [-0.2, 0) is 0 Å². The van der Waals surface area contributed by atoms with Gasteiger partial charge in [-0.05, 0) is 24.7 Å². The molecular formula is C14H16. The summed E-state index contributed by atoms with van der Waals surface area (Å²) in [5.41, 5.74) is 0. The first-order valence-corrected chi connectivity index (χ1v) is 5.30. The predicted octanol–water partition coefficient (Wildman–Crippen LogP) is 3.81. The lowest BCUT2D eigenvalue weighted by atomic mass is 10.0. The first-order chi connectivity index (χ1) is 6.95. The third kappa shape index (κ3) is 2.59. The Labute approximate surface area is 86.0 Å². The molecule has 0 aromatic rings. The lowest BCUT2D eigenvalue weighted by Gasteiger charge is -2.00. The molecule has 0 amide bonds. The fraction of sp³-hybridized carbons (Fsp3) is 0.286. The third-order valence-electron chi connectivity index (χ3n) is 2.64. The van der Waals surface area contributed by atoms with Crippen LogP contribution < -0.4 is 0 Å². The zero-order chi connectivity index (χ0) is 9.64. The van der Waals surface area contributed by atoms with Crippen LogP contribution in [0.3, 0.4) is 0 Å². The number of allylic oxidation sites excluding steroid dienone is 10. The Bertz CT molecular complexity index is 257. The van der Waals surface area contributed by atoms with Gasteiger partial charge in [-0.3, -0.25) is 0 Å². The van der Waals surface area contributed by atoms with Gasteiger partial charge in [-0.15, -0.1) is 0 Å². The Balaban J connectivity index is 1.67. The molecule has 0 saturated heterocycles. The summed E-state index contributed by atoms with van der Waals surface area (Å²) in [6.07, 6.45) is 24.4. The summed E-state index contributed by atoms with van der Waals surface area (Å²) in [6, 6.07) is 0. The van der Waals surface area contributed by atoms with Crippen molar-refractivity contribution < 1.29 is 0 Å². The highest BCUT2D eigenvalue weighted by Crippen LogP contribution is 2.16. The molecule has 0 unspecified atom stereocenters. The molecule has 0 saturated carbocycles. The van der Waals surface area contributed by atoms with E-state index in [4.69, 9.17) is 0 Å². The average Bonchev–Trinajstić information content (AvgIpc) is 2.86. The van der Waals surface area contributed by atoms with Crippen LogP contribution in [0.25, 0.3) is 0 Å². The van der Waals surface area contributed by atoms with E-state index in [1.165, 1.54) is 0 Å². The summed E-state index contributed by atoms with van der Waals surface area (Å²) >= 11 is 0. The maximum Gasteiger partial charge on any atom is -0.00127 e. The standard InChI is InChI=1S/C14H16/c1-2-8-13(7-1)11-5-6-12-14-9-3-4-10-14/h1-10,13-14H,11-12H2. The maximum absolute atomic E-state index is 2.30. The van der Waals surface area contributed by atoms with Gasteiger partial charge >= 0.3 is 0 Å². The summed E-state index contributed by atoms with van der Waals surface area (Å²) in [6.45, 7) is 0. The molecule has 0 fully saturated rings. The van der Waals surface area contributed by atoms with E-state index in [-0.39, 0.29) is 0 Å². The topological polar surface area (TPSA) is 0 Å². The first kappa shape index (κ1) is 9.26. The molecule has 0 aromatic heterocycles. The minimum atomic E-state index is 0.640. The Kier molecular flexibility index (Phi) is 3.18. The second kappa shape index (κ2) is 4.80. The third-order valence-corrected chi connectivity index (χ3v) is 2.64. The maximum atomic E-state index is 2.30. The molecule has 72 valence electrons. The molecular weight excluding hydrogens is 168 g/mol. The minimum Gasteiger partial charge on any atom is -0.0876 e. The Morgan fingerprint density at radius 3 is 1.36 bits per heavy atom. The lowest BCUT2D eigenvalue weighted by Crippen LogP contribution is -1.87. The van der Waals surface area contributed by atoms with Crippen molar-refractivity contribution in [1.82, 2.24) is 0 Å². The zero-order valence-corrected chi connectivity index (χ0v) is 8.34. The van der Waals surface area contributed by atoms with Gasteiger partial charge in [0.25, 0.3) is 0 Å². The van der Waals surface area contributed by atoms with Gasteiger partial charge in [0, 0.05) is 0 Å². The molecule has 0 radical (unpaired) electrons. The van der Waals surface area contributed by atoms with Crippen molar-refractivity contribution in [2.24, 2.45) is 11.8 Å². The van der Waals surface area contributed by atoms with Gasteiger partial charge in [-0.1, -0.05) is 60.8 Å². The molecule has 14 heavy (non-hydrogen) atoms. The van der Waals surface area contributed by atoms with Crippen LogP contribution in [0.15, 0.2) is 60.8 Å². The molecule has 0 heterocycles. The number of rotatable bonds is 4. The van der Waals surface area contributed by atoms with Crippen LogP contribution >= 0.6 is 0 Å². The molecule has 2 aliphatic rings. The molecule has 2 aliphatic carbocycles. The van der Waals surface area contributed by atoms with E-state index in [0.717, 1.165) is 12.8 Å².